The average Bonchev–Trinajstić information content (AvgIpc) is 3.27. The summed E-state index contributed by atoms with van der Waals surface area (Å²) in [6.45, 7) is 3.95. The third-order valence-electron chi connectivity index (χ3n) is 7.55. The number of carboxylic acid groups (broad SMARTS) is 1. The van der Waals surface area contributed by atoms with Crippen LogP contribution in [0.1, 0.15) is 61.9 Å². The molecular formula is C27H31ClN6O4. The zero-order valence-corrected chi connectivity index (χ0v) is 22.0. The lowest BCUT2D eigenvalue weighted by Gasteiger charge is -2.27. The molecule has 1 saturated heterocycles. The molecule has 3 heterocycles. The Bertz CT molecular complexity index is 1380. The van der Waals surface area contributed by atoms with E-state index in [4.69, 9.17) is 31.8 Å². The number of aromatic nitrogens is 4. The number of carbonyl (C=O) groups is 2. The maximum atomic E-state index is 13.8. The van der Waals surface area contributed by atoms with Gasteiger partial charge >= 0.3 is 6.09 Å². The molecule has 1 saturated carbocycles. The largest absolute Gasteiger partial charge is 0.465 e. The molecule has 200 valence electrons. The quantitative estimate of drug-likeness (QED) is 0.223. The fourth-order valence-electron chi connectivity index (χ4n) is 5.43. The van der Waals surface area contributed by atoms with E-state index in [2.05, 4.69) is 16.9 Å². The second-order valence-electron chi connectivity index (χ2n) is 10.3. The molecule has 3 N–H and O–H groups in total. The topological polar surface area (TPSA) is 143 Å². The van der Waals surface area contributed by atoms with Crippen molar-refractivity contribution in [3.63, 3.8) is 0 Å². The van der Waals surface area contributed by atoms with Crippen LogP contribution in [0.4, 0.5) is 4.79 Å². The number of ketones is 1. The van der Waals surface area contributed by atoms with Gasteiger partial charge in [-0.3, -0.25) is 15.5 Å². The third kappa shape index (κ3) is 5.56. The molecule has 3 aromatic rings. The van der Waals surface area contributed by atoms with Gasteiger partial charge in [0.25, 0.3) is 0 Å². The number of carbonyl (C=O) groups excluding carboxylic acids is 1. The molecule has 0 spiro atoms. The number of amides is 1. The fourth-order valence-corrected chi connectivity index (χ4v) is 5.62. The normalized spacial score (nSPS) is 20.4. The zero-order chi connectivity index (χ0) is 26.8. The molecule has 2 aliphatic rings. The zero-order valence-electron chi connectivity index (χ0n) is 21.2. The fraction of sp³-hybridized carbons (Fsp3) is 0.481. The number of ether oxygens (including phenoxy) is 1. The van der Waals surface area contributed by atoms with E-state index in [1.54, 1.807) is 18.2 Å². The van der Waals surface area contributed by atoms with Crippen molar-refractivity contribution in [1.29, 1.82) is 5.41 Å². The van der Waals surface area contributed by atoms with E-state index in [0.717, 1.165) is 25.7 Å². The first-order valence-corrected chi connectivity index (χ1v) is 13.4. The predicted molar refractivity (Wildman–Crippen MR) is 143 cm³/mol. The number of hydrogen-bond donors (Lipinski definition) is 3. The third-order valence-corrected chi connectivity index (χ3v) is 7.78. The van der Waals surface area contributed by atoms with Crippen LogP contribution in [-0.2, 0) is 11.3 Å². The molecule has 1 amide bonds. The monoisotopic (exact) mass is 538 g/mol. The van der Waals surface area contributed by atoms with Crippen LogP contribution in [0, 0.1) is 23.2 Å². The van der Waals surface area contributed by atoms with Crippen LogP contribution >= 0.6 is 11.6 Å². The number of benzene rings is 1. The molecule has 10 nitrogen and oxygen atoms in total. The number of hydrogen-bond acceptors (Lipinski definition) is 7. The average molecular weight is 539 g/mol. The summed E-state index contributed by atoms with van der Waals surface area (Å²) in [4.78, 5) is 38.8. The lowest BCUT2D eigenvalue weighted by atomic mass is 9.83. The highest BCUT2D eigenvalue weighted by Gasteiger charge is 2.31. The molecule has 38 heavy (non-hydrogen) atoms. The van der Waals surface area contributed by atoms with Crippen LogP contribution in [0.2, 0.25) is 5.02 Å². The number of Topliss-reactive ketones (excluding diaryl/α,β-unsaturated/α-hetero) is 1. The van der Waals surface area contributed by atoms with E-state index in [1.807, 2.05) is 16.0 Å². The molecular weight excluding hydrogens is 508 g/mol. The summed E-state index contributed by atoms with van der Waals surface area (Å²) >= 11 is 6.32. The first kappa shape index (κ1) is 26.2. The second kappa shape index (κ2) is 11.2. The van der Waals surface area contributed by atoms with Gasteiger partial charge in [-0.15, -0.1) is 0 Å². The van der Waals surface area contributed by atoms with Crippen molar-refractivity contribution in [2.24, 2.45) is 17.8 Å². The molecule has 11 heteroatoms. The van der Waals surface area contributed by atoms with E-state index in [0.29, 0.717) is 72.1 Å². The molecule has 2 aromatic heterocycles. The van der Waals surface area contributed by atoms with Crippen molar-refractivity contribution >= 4 is 40.5 Å². The minimum absolute atomic E-state index is 0.0483. The maximum Gasteiger partial charge on any atom is 0.410 e. The molecule has 0 unspecified atom stereocenters. The number of nitrogens with one attached hydrogen (secondary N) is 2. The van der Waals surface area contributed by atoms with Gasteiger partial charge in [0, 0.05) is 36.3 Å². The van der Waals surface area contributed by atoms with E-state index < -0.39 is 11.9 Å². The Morgan fingerprint density at radius 3 is 2.55 bits per heavy atom. The summed E-state index contributed by atoms with van der Waals surface area (Å²) in [5, 5.41) is 19.9. The van der Waals surface area contributed by atoms with Gasteiger partial charge in [0.15, 0.2) is 23.1 Å². The molecule has 1 aliphatic heterocycles. The minimum Gasteiger partial charge on any atom is -0.465 e. The van der Waals surface area contributed by atoms with E-state index in [1.165, 1.54) is 0 Å². The van der Waals surface area contributed by atoms with Crippen LogP contribution in [-0.4, -0.2) is 55.6 Å². The van der Waals surface area contributed by atoms with Crippen LogP contribution in [0.3, 0.4) is 0 Å². The highest BCUT2D eigenvalue weighted by molar-refractivity contribution is 6.30. The van der Waals surface area contributed by atoms with E-state index >= 15 is 0 Å². The second-order valence-corrected chi connectivity index (χ2v) is 10.7. The Morgan fingerprint density at radius 2 is 1.87 bits per heavy atom. The summed E-state index contributed by atoms with van der Waals surface area (Å²) < 4.78 is 7.44. The van der Waals surface area contributed by atoms with Crippen molar-refractivity contribution in [2.75, 3.05) is 13.2 Å². The first-order chi connectivity index (χ1) is 18.3. The van der Waals surface area contributed by atoms with E-state index in [-0.39, 0.29) is 23.2 Å². The van der Waals surface area contributed by atoms with Gasteiger partial charge in [0.05, 0.1) is 0 Å². The van der Waals surface area contributed by atoms with Gasteiger partial charge in [-0.1, -0.05) is 43.5 Å². The van der Waals surface area contributed by atoms with Crippen LogP contribution < -0.4 is 5.32 Å². The molecule has 2 fully saturated rings. The highest BCUT2D eigenvalue weighted by Crippen LogP contribution is 2.34. The lowest BCUT2D eigenvalue weighted by molar-refractivity contribution is 0.0534. The molecule has 5 rings (SSSR count). The smallest absolute Gasteiger partial charge is 0.410 e. The lowest BCUT2D eigenvalue weighted by Crippen LogP contribution is -2.30. The van der Waals surface area contributed by atoms with Crippen LogP contribution in [0.15, 0.2) is 24.3 Å². The summed E-state index contributed by atoms with van der Waals surface area (Å²) in [6.07, 6.45) is 4.27. The Morgan fingerprint density at radius 1 is 1.13 bits per heavy atom. The Kier molecular flexibility index (Phi) is 7.71. The molecule has 1 aromatic carbocycles. The van der Waals surface area contributed by atoms with Gasteiger partial charge in [0.2, 0.25) is 5.78 Å². The molecule has 0 radical (unpaired) electrons. The predicted octanol–water partition coefficient (Wildman–Crippen LogP) is 5.18. The Labute approximate surface area is 225 Å². The summed E-state index contributed by atoms with van der Waals surface area (Å²) in [5.41, 5.74) is 1.96. The number of nitrogens with zero attached hydrogens (tertiary/aromatic N) is 4. The minimum atomic E-state index is -1.39. The number of imidazole rings is 1. The van der Waals surface area contributed by atoms with Crippen LogP contribution in [0.5, 0.6) is 0 Å². The number of amidine groups is 1. The Balaban J connectivity index is 1.70. The summed E-state index contributed by atoms with van der Waals surface area (Å²) in [6, 6.07) is 7.13. The van der Waals surface area contributed by atoms with Crippen molar-refractivity contribution in [2.45, 2.75) is 52.0 Å². The van der Waals surface area contributed by atoms with Crippen molar-refractivity contribution in [3.8, 4) is 11.3 Å². The summed E-state index contributed by atoms with van der Waals surface area (Å²) in [7, 11) is 0. The number of fused-ring (bicyclic) bond motifs is 1. The van der Waals surface area contributed by atoms with Gasteiger partial charge in [0.1, 0.15) is 11.2 Å². The SMILES string of the molecule is C[C@H]1CC[C@H](Cn2c(C(=O)C3CCOCC3)nc3nc(C(=N)NC(=O)O)nc(-c4cccc(Cl)c4)c32)CC1. The van der Waals surface area contributed by atoms with Crippen molar-refractivity contribution in [1.82, 2.24) is 24.8 Å². The van der Waals surface area contributed by atoms with Gasteiger partial charge in [-0.2, -0.15) is 0 Å². The number of rotatable bonds is 6. The highest BCUT2D eigenvalue weighted by atomic mass is 35.5. The standard InChI is InChI=1S/C27H31ClN6O4/c1-15-5-7-16(8-6-15)14-34-21-20(18-3-2-4-19(28)13-18)30-25(23(29)31-27(36)37)32-24(21)33-26(34)22(35)17-9-11-38-12-10-17/h2-4,13,15-17H,5-12,14H2,1H3,(H2,29,31)(H,36,37)/t15-,16-. The van der Waals surface area contributed by atoms with Crippen molar-refractivity contribution in [3.05, 3.63) is 40.9 Å². The van der Waals surface area contributed by atoms with E-state index in [9.17, 15) is 9.59 Å². The first-order valence-electron chi connectivity index (χ1n) is 13.0. The van der Waals surface area contributed by atoms with Gasteiger partial charge in [-0.25, -0.2) is 19.7 Å². The number of halogens is 1. The maximum absolute atomic E-state index is 13.8. The molecule has 0 bridgehead atoms. The summed E-state index contributed by atoms with van der Waals surface area (Å²) in [5.74, 6) is 0.552. The Hall–Kier alpha value is -3.37. The van der Waals surface area contributed by atoms with Gasteiger partial charge < -0.3 is 14.4 Å². The van der Waals surface area contributed by atoms with Crippen LogP contribution in [0.25, 0.3) is 22.4 Å². The van der Waals surface area contributed by atoms with Gasteiger partial charge in [-0.05, 0) is 49.7 Å². The van der Waals surface area contributed by atoms with Crippen molar-refractivity contribution < 1.29 is 19.4 Å². The molecule has 0 atom stereocenters. The molecule has 1 aliphatic carbocycles.